The normalized spacial score (nSPS) is 18.7. The number of carbonyl (C=O) groups is 1. The summed E-state index contributed by atoms with van der Waals surface area (Å²) in [6.45, 7) is 8.50. The molecular formula is C17H26ClFN2O. The van der Waals surface area contributed by atoms with Crippen LogP contribution in [0.5, 0.6) is 0 Å². The summed E-state index contributed by atoms with van der Waals surface area (Å²) in [4.78, 5) is 14.6. The molecule has 1 aromatic rings. The van der Waals surface area contributed by atoms with Crippen LogP contribution in [-0.4, -0.2) is 30.4 Å². The molecule has 124 valence electrons. The lowest BCUT2D eigenvalue weighted by molar-refractivity contribution is -0.136. The van der Waals surface area contributed by atoms with Gasteiger partial charge in [0, 0.05) is 26.1 Å². The fourth-order valence-electron chi connectivity index (χ4n) is 2.65. The van der Waals surface area contributed by atoms with Gasteiger partial charge in [0.1, 0.15) is 5.82 Å². The number of hydrogen-bond donors (Lipinski definition) is 1. The first-order valence-electron chi connectivity index (χ1n) is 7.68. The Hall–Kier alpha value is -1.13. The highest BCUT2D eigenvalue weighted by atomic mass is 35.5. The number of nitrogens with zero attached hydrogens (tertiary/aromatic N) is 1. The second-order valence-electron chi connectivity index (χ2n) is 6.56. The lowest BCUT2D eigenvalue weighted by atomic mass is 9.85. The van der Waals surface area contributed by atoms with Gasteiger partial charge < -0.3 is 10.2 Å². The predicted molar refractivity (Wildman–Crippen MR) is 89.7 cm³/mol. The van der Waals surface area contributed by atoms with Crippen LogP contribution in [0.15, 0.2) is 24.3 Å². The van der Waals surface area contributed by atoms with Crippen molar-refractivity contribution in [2.45, 2.75) is 39.7 Å². The molecule has 0 aromatic heterocycles. The average molecular weight is 329 g/mol. The van der Waals surface area contributed by atoms with Gasteiger partial charge in [0.2, 0.25) is 5.91 Å². The summed E-state index contributed by atoms with van der Waals surface area (Å²) >= 11 is 0. The summed E-state index contributed by atoms with van der Waals surface area (Å²) in [5, 5.41) is 3.30. The highest BCUT2D eigenvalue weighted by Gasteiger charge is 2.31. The minimum Gasteiger partial charge on any atom is -0.333 e. The summed E-state index contributed by atoms with van der Waals surface area (Å²) in [7, 11) is 0. The largest absolute Gasteiger partial charge is 0.333 e. The third-order valence-corrected chi connectivity index (χ3v) is 4.38. The van der Waals surface area contributed by atoms with E-state index in [9.17, 15) is 9.18 Å². The summed E-state index contributed by atoms with van der Waals surface area (Å²) in [6, 6.07) is 6.49. The maximum atomic E-state index is 13.5. The van der Waals surface area contributed by atoms with Gasteiger partial charge in [0.05, 0.1) is 6.04 Å². The van der Waals surface area contributed by atoms with Crippen LogP contribution in [0.4, 0.5) is 4.39 Å². The maximum absolute atomic E-state index is 13.5. The summed E-state index contributed by atoms with van der Waals surface area (Å²) in [5.74, 6) is -0.0861. The maximum Gasteiger partial charge on any atom is 0.223 e. The number of amides is 1. The van der Waals surface area contributed by atoms with Gasteiger partial charge in [-0.15, -0.1) is 12.4 Å². The van der Waals surface area contributed by atoms with Crippen molar-refractivity contribution in [1.29, 1.82) is 0 Å². The van der Waals surface area contributed by atoms with Crippen LogP contribution in [0.1, 0.15) is 45.2 Å². The Morgan fingerprint density at radius 1 is 1.45 bits per heavy atom. The molecule has 1 saturated heterocycles. The zero-order chi connectivity index (χ0) is 15.5. The van der Waals surface area contributed by atoms with Crippen LogP contribution in [0.3, 0.4) is 0 Å². The van der Waals surface area contributed by atoms with E-state index in [2.05, 4.69) is 26.1 Å². The number of hydrogen-bond acceptors (Lipinski definition) is 2. The van der Waals surface area contributed by atoms with E-state index in [1.165, 1.54) is 12.1 Å². The van der Waals surface area contributed by atoms with Crippen molar-refractivity contribution in [3.8, 4) is 0 Å². The predicted octanol–water partition coefficient (Wildman–Crippen LogP) is 3.55. The van der Waals surface area contributed by atoms with E-state index in [1.807, 2.05) is 11.0 Å². The molecule has 5 heteroatoms. The molecule has 1 aliphatic heterocycles. The first-order valence-corrected chi connectivity index (χ1v) is 7.68. The molecule has 0 saturated carbocycles. The van der Waals surface area contributed by atoms with Crippen molar-refractivity contribution in [2.75, 3.05) is 19.6 Å². The van der Waals surface area contributed by atoms with Gasteiger partial charge in [-0.25, -0.2) is 4.39 Å². The zero-order valence-electron chi connectivity index (χ0n) is 13.6. The molecular weight excluding hydrogens is 303 g/mol. The van der Waals surface area contributed by atoms with E-state index in [0.29, 0.717) is 19.5 Å². The molecule has 3 nitrogen and oxygen atoms in total. The number of carbonyl (C=O) groups excluding carboxylic acids is 1. The van der Waals surface area contributed by atoms with Crippen LogP contribution in [0.2, 0.25) is 0 Å². The third-order valence-electron chi connectivity index (χ3n) is 4.38. The van der Waals surface area contributed by atoms with Gasteiger partial charge in [0.15, 0.2) is 0 Å². The molecule has 0 radical (unpaired) electrons. The lowest BCUT2D eigenvalue weighted by Crippen LogP contribution is -2.49. The number of rotatable bonds is 4. The van der Waals surface area contributed by atoms with Crippen molar-refractivity contribution >= 4 is 18.3 Å². The Morgan fingerprint density at radius 3 is 2.82 bits per heavy atom. The number of nitrogens with one attached hydrogen (secondary N) is 1. The monoisotopic (exact) mass is 328 g/mol. The molecule has 1 aliphatic rings. The van der Waals surface area contributed by atoms with E-state index in [0.717, 1.165) is 18.5 Å². The van der Waals surface area contributed by atoms with Gasteiger partial charge in [-0.2, -0.15) is 0 Å². The first-order chi connectivity index (χ1) is 9.93. The van der Waals surface area contributed by atoms with Crippen molar-refractivity contribution in [1.82, 2.24) is 10.2 Å². The minimum absolute atomic E-state index is 0. The van der Waals surface area contributed by atoms with Crippen molar-refractivity contribution in [3.05, 3.63) is 35.6 Å². The van der Waals surface area contributed by atoms with Gasteiger partial charge in [-0.05, 0) is 23.1 Å². The molecule has 0 spiro atoms. The van der Waals surface area contributed by atoms with E-state index >= 15 is 0 Å². The second kappa shape index (κ2) is 7.93. The fourth-order valence-corrected chi connectivity index (χ4v) is 2.65. The van der Waals surface area contributed by atoms with Crippen molar-refractivity contribution < 1.29 is 9.18 Å². The SMILES string of the molecule is CCC(C)(C)CC(=O)N1CCNCC1c1cccc(F)c1.Cl. The quantitative estimate of drug-likeness (QED) is 0.916. The molecule has 0 bridgehead atoms. The van der Waals surface area contributed by atoms with Gasteiger partial charge in [0.25, 0.3) is 0 Å². The van der Waals surface area contributed by atoms with Gasteiger partial charge in [-0.3, -0.25) is 4.79 Å². The van der Waals surface area contributed by atoms with Gasteiger partial charge in [-0.1, -0.05) is 39.3 Å². The summed E-state index contributed by atoms with van der Waals surface area (Å²) < 4.78 is 13.5. The van der Waals surface area contributed by atoms with Gasteiger partial charge >= 0.3 is 0 Å². The lowest BCUT2D eigenvalue weighted by Gasteiger charge is -2.38. The molecule has 2 rings (SSSR count). The highest BCUT2D eigenvalue weighted by Crippen LogP contribution is 2.29. The Bertz CT molecular complexity index is 507. The molecule has 1 atom stereocenters. The highest BCUT2D eigenvalue weighted by molar-refractivity contribution is 5.85. The second-order valence-corrected chi connectivity index (χ2v) is 6.56. The minimum atomic E-state index is -0.251. The third kappa shape index (κ3) is 4.68. The van der Waals surface area contributed by atoms with E-state index in [-0.39, 0.29) is 35.6 Å². The van der Waals surface area contributed by atoms with Crippen LogP contribution >= 0.6 is 12.4 Å². The summed E-state index contributed by atoms with van der Waals surface area (Å²) in [5.41, 5.74) is 0.874. The molecule has 1 N–H and O–H groups in total. The number of piperazine rings is 1. The number of benzene rings is 1. The standard InChI is InChI=1S/C17H25FN2O.ClH/c1-4-17(2,3)11-16(21)20-9-8-19-12-15(20)13-6-5-7-14(18)10-13;/h5-7,10,15,19H,4,8-9,11-12H2,1-3H3;1H. The van der Waals surface area contributed by atoms with E-state index in [4.69, 9.17) is 0 Å². The summed E-state index contributed by atoms with van der Waals surface area (Å²) in [6.07, 6.45) is 1.50. The average Bonchev–Trinajstić information content (AvgIpc) is 2.47. The first kappa shape index (κ1) is 18.9. The zero-order valence-corrected chi connectivity index (χ0v) is 14.4. The number of halogens is 2. The fraction of sp³-hybridized carbons (Fsp3) is 0.588. The molecule has 1 amide bonds. The molecule has 1 fully saturated rings. The Balaban J connectivity index is 0.00000242. The topological polar surface area (TPSA) is 32.3 Å². The molecule has 1 heterocycles. The van der Waals surface area contributed by atoms with Crippen molar-refractivity contribution in [3.63, 3.8) is 0 Å². The van der Waals surface area contributed by atoms with Crippen LogP contribution in [0, 0.1) is 11.2 Å². The Kier molecular flexibility index (Phi) is 6.82. The smallest absolute Gasteiger partial charge is 0.223 e. The van der Waals surface area contributed by atoms with Crippen molar-refractivity contribution in [2.24, 2.45) is 5.41 Å². The molecule has 1 aromatic carbocycles. The molecule has 0 aliphatic carbocycles. The Labute approximate surface area is 138 Å². The van der Waals surface area contributed by atoms with Crippen LogP contribution in [-0.2, 0) is 4.79 Å². The Morgan fingerprint density at radius 2 is 2.18 bits per heavy atom. The van der Waals surface area contributed by atoms with Crippen LogP contribution in [0.25, 0.3) is 0 Å². The van der Waals surface area contributed by atoms with Crippen LogP contribution < -0.4 is 5.32 Å². The molecule has 22 heavy (non-hydrogen) atoms. The molecule has 1 unspecified atom stereocenters. The van der Waals surface area contributed by atoms with E-state index in [1.54, 1.807) is 6.07 Å². The van der Waals surface area contributed by atoms with E-state index < -0.39 is 0 Å².